The zero-order chi connectivity index (χ0) is 11.2. The Hall–Kier alpha value is 0.0249. The van der Waals surface area contributed by atoms with Crippen LogP contribution in [0.25, 0.3) is 0 Å². The van der Waals surface area contributed by atoms with E-state index in [1.54, 1.807) is 0 Å². The van der Waals surface area contributed by atoms with Crippen LogP contribution in [-0.4, -0.2) is 21.1 Å². The van der Waals surface area contributed by atoms with Gasteiger partial charge in [-0.25, -0.2) is 0 Å². The van der Waals surface area contributed by atoms with Crippen molar-refractivity contribution >= 4 is 7.85 Å². The summed E-state index contributed by atoms with van der Waals surface area (Å²) in [7, 11) is 5.41. The number of hydrogen-bond donors (Lipinski definition) is 0. The highest BCUT2D eigenvalue weighted by Gasteiger charge is 1.91. The summed E-state index contributed by atoms with van der Waals surface area (Å²) in [5, 5.41) is 0. The van der Waals surface area contributed by atoms with Crippen LogP contribution in [0.1, 0.15) is 64.7 Å². The van der Waals surface area contributed by atoms with Gasteiger partial charge in [-0.05, 0) is 12.8 Å². The molecular formula is C13H27BO. The smallest absolute Gasteiger partial charge is 0.0653 e. The van der Waals surface area contributed by atoms with Crippen molar-refractivity contribution in [2.75, 3.05) is 13.2 Å². The molecule has 0 heterocycles. The summed E-state index contributed by atoms with van der Waals surface area (Å²) in [4.78, 5) is 0. The van der Waals surface area contributed by atoms with Crippen LogP contribution in [0.4, 0.5) is 0 Å². The molecule has 0 spiro atoms. The third-order valence-corrected chi connectivity index (χ3v) is 2.64. The molecule has 0 aromatic heterocycles. The van der Waals surface area contributed by atoms with E-state index in [9.17, 15) is 0 Å². The Morgan fingerprint density at radius 2 is 1.27 bits per heavy atom. The van der Waals surface area contributed by atoms with Gasteiger partial charge < -0.3 is 4.74 Å². The second-order valence-corrected chi connectivity index (χ2v) is 4.23. The zero-order valence-corrected chi connectivity index (χ0v) is 10.5. The molecule has 0 fully saturated rings. The minimum Gasteiger partial charge on any atom is -0.381 e. The lowest BCUT2D eigenvalue weighted by Gasteiger charge is -2.03. The minimum atomic E-state index is 0.817. The summed E-state index contributed by atoms with van der Waals surface area (Å²) >= 11 is 0. The molecule has 0 bridgehead atoms. The molecule has 0 unspecified atom stereocenters. The molecule has 2 radical (unpaired) electrons. The lowest BCUT2D eigenvalue weighted by atomic mass is 10.00. The summed E-state index contributed by atoms with van der Waals surface area (Å²) in [6.45, 7) is 4.13. The van der Waals surface area contributed by atoms with Crippen LogP contribution >= 0.6 is 0 Å². The third kappa shape index (κ3) is 14.0. The highest BCUT2D eigenvalue weighted by atomic mass is 16.5. The summed E-state index contributed by atoms with van der Waals surface area (Å²) in [6, 6.07) is 0. The van der Waals surface area contributed by atoms with E-state index >= 15 is 0 Å². The standard InChI is InChI=1S/C13H27BO/c1-2-3-4-5-6-9-12-15-13-10-7-8-11-14/h2-13H2,1H3. The fraction of sp³-hybridized carbons (Fsp3) is 1.00. The van der Waals surface area contributed by atoms with Crippen LogP contribution in [0.5, 0.6) is 0 Å². The van der Waals surface area contributed by atoms with Gasteiger partial charge in [0, 0.05) is 13.2 Å². The fourth-order valence-corrected chi connectivity index (χ4v) is 1.61. The lowest BCUT2D eigenvalue weighted by molar-refractivity contribution is 0.126. The summed E-state index contributed by atoms with van der Waals surface area (Å²) < 4.78 is 5.55. The molecule has 0 aliphatic rings. The Kier molecular flexibility index (Phi) is 14.0. The Balaban J connectivity index is 2.81. The van der Waals surface area contributed by atoms with Gasteiger partial charge in [0.15, 0.2) is 0 Å². The zero-order valence-electron chi connectivity index (χ0n) is 10.5. The predicted molar refractivity (Wildman–Crippen MR) is 68.6 cm³/mol. The number of unbranched alkanes of at least 4 members (excludes halogenated alkanes) is 7. The molecule has 0 atom stereocenters. The van der Waals surface area contributed by atoms with Crippen molar-refractivity contribution in [1.29, 1.82) is 0 Å². The lowest BCUT2D eigenvalue weighted by Crippen LogP contribution is -1.97. The van der Waals surface area contributed by atoms with E-state index < -0.39 is 0 Å². The highest BCUT2D eigenvalue weighted by Crippen LogP contribution is 2.05. The van der Waals surface area contributed by atoms with Crippen molar-refractivity contribution in [3.05, 3.63) is 0 Å². The van der Waals surface area contributed by atoms with Crippen LogP contribution in [0.3, 0.4) is 0 Å². The van der Waals surface area contributed by atoms with E-state index in [2.05, 4.69) is 6.92 Å². The second kappa shape index (κ2) is 14.0. The molecule has 0 aromatic carbocycles. The quantitative estimate of drug-likeness (QED) is 0.347. The summed E-state index contributed by atoms with van der Waals surface area (Å²) in [6.07, 6.45) is 12.4. The van der Waals surface area contributed by atoms with Gasteiger partial charge >= 0.3 is 0 Å². The van der Waals surface area contributed by atoms with E-state index in [0.29, 0.717) is 0 Å². The van der Waals surface area contributed by atoms with Crippen LogP contribution in [0.2, 0.25) is 6.32 Å². The van der Waals surface area contributed by atoms with Crippen molar-refractivity contribution in [3.8, 4) is 0 Å². The van der Waals surface area contributed by atoms with Crippen LogP contribution in [-0.2, 0) is 4.74 Å². The van der Waals surface area contributed by atoms with Gasteiger partial charge in [-0.2, -0.15) is 0 Å². The first-order valence-corrected chi connectivity index (χ1v) is 6.69. The first kappa shape index (κ1) is 15.0. The van der Waals surface area contributed by atoms with Gasteiger partial charge in [0.05, 0.1) is 7.85 Å². The first-order chi connectivity index (χ1) is 7.41. The monoisotopic (exact) mass is 210 g/mol. The number of rotatable bonds is 12. The maximum absolute atomic E-state index is 5.55. The molecule has 0 aliphatic heterocycles. The predicted octanol–water partition coefficient (Wildman–Crippen LogP) is 4.12. The molecule has 0 rings (SSSR count). The number of ether oxygens (including phenoxy) is 1. The largest absolute Gasteiger partial charge is 0.381 e. The molecule has 0 amide bonds. The van der Waals surface area contributed by atoms with Gasteiger partial charge in [0.25, 0.3) is 0 Å². The SMILES string of the molecule is [B]CCCCCOCCCCCCCC. The third-order valence-electron chi connectivity index (χ3n) is 2.64. The van der Waals surface area contributed by atoms with E-state index in [1.807, 2.05) is 0 Å². The molecule has 1 nitrogen and oxygen atoms in total. The fourth-order valence-electron chi connectivity index (χ4n) is 1.61. The van der Waals surface area contributed by atoms with Crippen LogP contribution < -0.4 is 0 Å². The van der Waals surface area contributed by atoms with Crippen molar-refractivity contribution in [2.45, 2.75) is 71.0 Å². The van der Waals surface area contributed by atoms with Crippen LogP contribution in [0.15, 0.2) is 0 Å². The summed E-state index contributed by atoms with van der Waals surface area (Å²) in [5.74, 6) is 0. The van der Waals surface area contributed by atoms with E-state index in [-0.39, 0.29) is 0 Å². The Labute approximate surface area is 97.4 Å². The van der Waals surface area contributed by atoms with Crippen molar-refractivity contribution in [1.82, 2.24) is 0 Å². The van der Waals surface area contributed by atoms with Gasteiger partial charge in [0.1, 0.15) is 0 Å². The van der Waals surface area contributed by atoms with Crippen molar-refractivity contribution in [2.24, 2.45) is 0 Å². The van der Waals surface area contributed by atoms with E-state index in [4.69, 9.17) is 12.6 Å². The molecule has 0 N–H and O–H groups in total. The van der Waals surface area contributed by atoms with Crippen molar-refractivity contribution < 1.29 is 4.74 Å². The Morgan fingerprint density at radius 3 is 1.87 bits per heavy atom. The van der Waals surface area contributed by atoms with Crippen LogP contribution in [0, 0.1) is 0 Å². The maximum Gasteiger partial charge on any atom is 0.0653 e. The van der Waals surface area contributed by atoms with Gasteiger partial charge in [-0.1, -0.05) is 58.2 Å². The molecule has 0 aromatic rings. The second-order valence-electron chi connectivity index (χ2n) is 4.23. The molecule has 15 heavy (non-hydrogen) atoms. The molecule has 0 aliphatic carbocycles. The first-order valence-electron chi connectivity index (χ1n) is 6.69. The normalized spacial score (nSPS) is 10.7. The molecular weight excluding hydrogens is 183 g/mol. The van der Waals surface area contributed by atoms with Gasteiger partial charge in [0.2, 0.25) is 0 Å². The average Bonchev–Trinajstić information content (AvgIpc) is 2.26. The summed E-state index contributed by atoms with van der Waals surface area (Å²) in [5.41, 5.74) is 0. The molecule has 0 saturated carbocycles. The highest BCUT2D eigenvalue weighted by molar-refractivity contribution is 6.08. The van der Waals surface area contributed by atoms with E-state index in [0.717, 1.165) is 26.0 Å². The average molecular weight is 210 g/mol. The maximum atomic E-state index is 5.55. The molecule has 88 valence electrons. The molecule has 2 heteroatoms. The van der Waals surface area contributed by atoms with E-state index in [1.165, 1.54) is 51.4 Å². The van der Waals surface area contributed by atoms with Gasteiger partial charge in [-0.3, -0.25) is 0 Å². The Morgan fingerprint density at radius 1 is 0.733 bits per heavy atom. The topological polar surface area (TPSA) is 9.23 Å². The number of hydrogen-bond acceptors (Lipinski definition) is 1. The van der Waals surface area contributed by atoms with Crippen molar-refractivity contribution in [3.63, 3.8) is 0 Å². The minimum absolute atomic E-state index is 0.817. The molecule has 0 saturated heterocycles. The Bertz CT molecular complexity index is 94.7. The van der Waals surface area contributed by atoms with Gasteiger partial charge in [-0.15, -0.1) is 0 Å².